The number of nitrogens with zero attached hydrogens (tertiary/aromatic N) is 1. The van der Waals surface area contributed by atoms with Crippen LogP contribution in [0.4, 0.5) is 4.39 Å². The number of halogens is 1. The molecule has 0 aliphatic rings. The van der Waals surface area contributed by atoms with Crippen molar-refractivity contribution in [1.82, 2.24) is 9.88 Å². The van der Waals surface area contributed by atoms with E-state index in [0.717, 1.165) is 22.9 Å². The summed E-state index contributed by atoms with van der Waals surface area (Å²) in [6.45, 7) is 6.80. The number of aromatic hydroxyl groups is 1. The fraction of sp³-hybridized carbons (Fsp3) is 0.320. The van der Waals surface area contributed by atoms with E-state index in [0.29, 0.717) is 26.9 Å². The maximum Gasteiger partial charge on any atom is 0.266 e. The van der Waals surface area contributed by atoms with Crippen molar-refractivity contribution in [3.05, 3.63) is 63.0 Å². The lowest BCUT2D eigenvalue weighted by Crippen LogP contribution is -2.24. The molecule has 0 fully saturated rings. The average molecular weight is 439 g/mol. The van der Waals surface area contributed by atoms with E-state index in [-0.39, 0.29) is 29.0 Å². The fourth-order valence-corrected chi connectivity index (χ4v) is 5.21. The van der Waals surface area contributed by atoms with Crippen molar-refractivity contribution in [2.24, 2.45) is 5.92 Å². The number of thiophene rings is 1. The summed E-state index contributed by atoms with van der Waals surface area (Å²) in [6, 6.07) is 8.72. The minimum atomic E-state index is -0.280. The molecule has 0 aliphatic heterocycles. The molecular formula is C25H27FN2O2S. The van der Waals surface area contributed by atoms with Crippen LogP contribution in [0.2, 0.25) is 0 Å². The summed E-state index contributed by atoms with van der Waals surface area (Å²) >= 11 is 1.36. The number of benzene rings is 2. The lowest BCUT2D eigenvalue weighted by Gasteiger charge is -2.25. The van der Waals surface area contributed by atoms with Crippen molar-refractivity contribution >= 4 is 32.3 Å². The third-order valence-corrected chi connectivity index (χ3v) is 6.85. The third-order valence-electron chi connectivity index (χ3n) is 5.94. The van der Waals surface area contributed by atoms with Gasteiger partial charge in [0, 0.05) is 28.8 Å². The molecule has 2 aromatic heterocycles. The summed E-state index contributed by atoms with van der Waals surface area (Å²) in [5.41, 5.74) is 3.10. The average Bonchev–Trinajstić information content (AvgIpc) is 3.18. The van der Waals surface area contributed by atoms with Crippen LogP contribution in [0.5, 0.6) is 5.75 Å². The Bertz CT molecular complexity index is 1340. The van der Waals surface area contributed by atoms with Gasteiger partial charge in [-0.3, -0.25) is 4.79 Å². The highest BCUT2D eigenvalue weighted by Crippen LogP contribution is 2.42. The normalized spacial score (nSPS) is 13.0. The minimum Gasteiger partial charge on any atom is -0.507 e. The van der Waals surface area contributed by atoms with Crippen LogP contribution < -0.4 is 5.56 Å². The van der Waals surface area contributed by atoms with Gasteiger partial charge < -0.3 is 15.0 Å². The number of aromatic amines is 1. The Labute approximate surface area is 185 Å². The van der Waals surface area contributed by atoms with Gasteiger partial charge in [-0.1, -0.05) is 26.0 Å². The van der Waals surface area contributed by atoms with Crippen molar-refractivity contribution < 1.29 is 9.50 Å². The standard InChI is InChI=1S/C25H27FN2O2S/c1-13(2)18(12-28(4)5)16-7-6-15(11-19(16)26)21-20(29)10-14(3)23-22(21)17-8-9-31-24(17)25(30)27-23/h6-11,13,18,29H,12H2,1-5H3,(H,27,30). The van der Waals surface area contributed by atoms with Gasteiger partial charge in [0.15, 0.2) is 0 Å². The lowest BCUT2D eigenvalue weighted by atomic mass is 9.86. The number of nitrogens with one attached hydrogen (secondary N) is 1. The molecular weight excluding hydrogens is 411 g/mol. The van der Waals surface area contributed by atoms with Crippen LogP contribution in [0.3, 0.4) is 0 Å². The van der Waals surface area contributed by atoms with Crippen LogP contribution in [-0.4, -0.2) is 35.6 Å². The Morgan fingerprint density at radius 3 is 2.58 bits per heavy atom. The van der Waals surface area contributed by atoms with E-state index in [1.165, 1.54) is 17.4 Å². The molecule has 2 heterocycles. The maximum absolute atomic E-state index is 15.4. The van der Waals surface area contributed by atoms with Gasteiger partial charge in [-0.25, -0.2) is 4.39 Å². The molecule has 4 nitrogen and oxygen atoms in total. The summed E-state index contributed by atoms with van der Waals surface area (Å²) in [6.07, 6.45) is 0. The number of phenolic OH excluding ortho intramolecular Hbond substituents is 1. The van der Waals surface area contributed by atoms with Gasteiger partial charge in [-0.2, -0.15) is 0 Å². The van der Waals surface area contributed by atoms with Crippen LogP contribution in [0, 0.1) is 18.7 Å². The van der Waals surface area contributed by atoms with Crippen molar-refractivity contribution in [3.8, 4) is 16.9 Å². The number of aryl methyl sites for hydroxylation is 1. The summed E-state index contributed by atoms with van der Waals surface area (Å²) in [4.78, 5) is 17.5. The second-order valence-electron chi connectivity index (χ2n) is 8.80. The molecule has 0 amide bonds. The quantitative estimate of drug-likeness (QED) is 0.410. The van der Waals surface area contributed by atoms with Gasteiger partial charge in [0.1, 0.15) is 16.3 Å². The highest BCUT2D eigenvalue weighted by molar-refractivity contribution is 7.17. The van der Waals surface area contributed by atoms with Crippen molar-refractivity contribution in [1.29, 1.82) is 0 Å². The SMILES string of the molecule is Cc1cc(O)c(-c2ccc(C(CN(C)C)C(C)C)c(F)c2)c2c1[nH]c(=O)c1sccc12. The number of aromatic nitrogens is 1. The first kappa shape index (κ1) is 21.5. The lowest BCUT2D eigenvalue weighted by molar-refractivity contribution is 0.325. The number of pyridine rings is 1. The van der Waals surface area contributed by atoms with E-state index in [2.05, 4.69) is 23.7 Å². The van der Waals surface area contributed by atoms with Gasteiger partial charge >= 0.3 is 0 Å². The minimum absolute atomic E-state index is 0.0624. The number of phenols is 1. The Hall–Kier alpha value is -2.70. The first-order valence-electron chi connectivity index (χ1n) is 10.4. The first-order chi connectivity index (χ1) is 14.7. The summed E-state index contributed by atoms with van der Waals surface area (Å²) in [7, 11) is 3.98. The summed E-state index contributed by atoms with van der Waals surface area (Å²) < 4.78 is 16.0. The van der Waals surface area contributed by atoms with Crippen LogP contribution in [-0.2, 0) is 0 Å². The molecule has 162 valence electrons. The largest absolute Gasteiger partial charge is 0.507 e. The van der Waals surface area contributed by atoms with Crippen molar-refractivity contribution in [3.63, 3.8) is 0 Å². The van der Waals surface area contributed by atoms with Gasteiger partial charge in [-0.15, -0.1) is 11.3 Å². The van der Waals surface area contributed by atoms with E-state index >= 15 is 4.39 Å². The van der Waals surface area contributed by atoms with Crippen LogP contribution in [0.15, 0.2) is 40.5 Å². The van der Waals surface area contributed by atoms with Gasteiger partial charge in [0.25, 0.3) is 5.56 Å². The zero-order chi connectivity index (χ0) is 22.4. The Morgan fingerprint density at radius 2 is 1.94 bits per heavy atom. The molecule has 6 heteroatoms. The highest BCUT2D eigenvalue weighted by atomic mass is 32.1. The summed E-state index contributed by atoms with van der Waals surface area (Å²) in [5.74, 6) is 0.141. The van der Waals surface area contributed by atoms with Gasteiger partial charge in [0.05, 0.1) is 5.52 Å². The molecule has 2 N–H and O–H groups in total. The second kappa shape index (κ2) is 8.09. The number of hydrogen-bond donors (Lipinski definition) is 2. The van der Waals surface area contributed by atoms with E-state index in [9.17, 15) is 9.90 Å². The smallest absolute Gasteiger partial charge is 0.266 e. The molecule has 1 unspecified atom stereocenters. The number of H-pyrrole nitrogens is 1. The number of fused-ring (bicyclic) bond motifs is 3. The zero-order valence-electron chi connectivity index (χ0n) is 18.4. The van der Waals surface area contributed by atoms with Crippen LogP contribution >= 0.6 is 11.3 Å². The van der Waals surface area contributed by atoms with E-state index in [4.69, 9.17) is 0 Å². The number of likely N-dealkylation sites (N-methyl/N-ethyl adjacent to an activating group) is 1. The molecule has 0 radical (unpaired) electrons. The highest BCUT2D eigenvalue weighted by Gasteiger charge is 2.23. The Morgan fingerprint density at radius 1 is 1.19 bits per heavy atom. The maximum atomic E-state index is 15.4. The molecule has 4 aromatic rings. The van der Waals surface area contributed by atoms with Crippen LogP contribution in [0.1, 0.15) is 30.9 Å². The van der Waals surface area contributed by atoms with Crippen LogP contribution in [0.25, 0.3) is 32.1 Å². The molecule has 2 aromatic carbocycles. The van der Waals surface area contributed by atoms with Gasteiger partial charge in [0.2, 0.25) is 0 Å². The number of rotatable bonds is 5. The first-order valence-corrected chi connectivity index (χ1v) is 11.3. The van der Waals surface area contributed by atoms with Crippen molar-refractivity contribution in [2.45, 2.75) is 26.7 Å². The van der Waals surface area contributed by atoms with E-state index in [1.807, 2.05) is 44.6 Å². The second-order valence-corrected chi connectivity index (χ2v) is 9.72. The molecule has 0 saturated heterocycles. The predicted molar refractivity (Wildman–Crippen MR) is 128 cm³/mol. The van der Waals surface area contributed by atoms with Gasteiger partial charge in [-0.05, 0) is 67.2 Å². The molecule has 1 atom stereocenters. The molecule has 0 aliphatic carbocycles. The zero-order valence-corrected chi connectivity index (χ0v) is 19.2. The molecule has 0 saturated carbocycles. The summed E-state index contributed by atoms with van der Waals surface area (Å²) in [5, 5.41) is 14.2. The molecule has 31 heavy (non-hydrogen) atoms. The Balaban J connectivity index is 1.97. The molecule has 0 bridgehead atoms. The van der Waals surface area contributed by atoms with E-state index in [1.54, 1.807) is 6.07 Å². The topological polar surface area (TPSA) is 56.3 Å². The monoisotopic (exact) mass is 438 g/mol. The fourth-order valence-electron chi connectivity index (χ4n) is 4.42. The predicted octanol–water partition coefficient (Wildman–Crippen LogP) is 5.86. The van der Waals surface area contributed by atoms with E-state index < -0.39 is 0 Å². The molecule has 0 spiro atoms. The number of hydrogen-bond acceptors (Lipinski definition) is 4. The third kappa shape index (κ3) is 3.75. The van der Waals surface area contributed by atoms with Crippen molar-refractivity contribution in [2.75, 3.05) is 20.6 Å². The Kier molecular flexibility index (Phi) is 5.62. The molecule has 4 rings (SSSR count).